The number of halogens is 1. The minimum Gasteiger partial charge on any atom is -0.366 e. The lowest BCUT2D eigenvalue weighted by atomic mass is 10.1. The van der Waals surface area contributed by atoms with Crippen LogP contribution in [0.15, 0.2) is 36.4 Å². The summed E-state index contributed by atoms with van der Waals surface area (Å²) in [5.41, 5.74) is 2.66. The first kappa shape index (κ1) is 19.6. The molecule has 1 amide bonds. The van der Waals surface area contributed by atoms with Crippen molar-refractivity contribution in [2.75, 3.05) is 23.3 Å². The molecular weight excluding hydrogens is 457 g/mol. The summed E-state index contributed by atoms with van der Waals surface area (Å²) in [4.78, 5) is 25.9. The summed E-state index contributed by atoms with van der Waals surface area (Å²) in [6, 6.07) is 10.6. The van der Waals surface area contributed by atoms with E-state index in [1.807, 2.05) is 30.0 Å². The molecule has 0 bridgehead atoms. The number of nitro groups is 1. The Morgan fingerprint density at radius 1 is 1.19 bits per heavy atom. The number of hydrogen-bond donors (Lipinski definition) is 1. The average Bonchev–Trinajstić information content (AvgIpc) is 2.69. The minimum absolute atomic E-state index is 0.0112. The number of anilines is 2. The molecule has 0 aromatic heterocycles. The van der Waals surface area contributed by atoms with Gasteiger partial charge in [0.25, 0.3) is 11.6 Å². The Morgan fingerprint density at radius 3 is 2.59 bits per heavy atom. The molecule has 0 unspecified atom stereocenters. The standard InChI is InChI=1S/C20H22IN3O3/c1-2-14-12-16(21)7-8-17(14)22-20(25)15-6-9-18(19(13-15)24(26)27)23-10-4-3-5-11-23/h6-9,12-13H,2-5,10-11H2,1H3,(H,22,25). The average molecular weight is 479 g/mol. The first-order valence-electron chi connectivity index (χ1n) is 9.12. The summed E-state index contributed by atoms with van der Waals surface area (Å²) >= 11 is 2.23. The molecule has 1 N–H and O–H groups in total. The van der Waals surface area contributed by atoms with Crippen LogP contribution in [0.1, 0.15) is 42.1 Å². The van der Waals surface area contributed by atoms with Gasteiger partial charge in [-0.3, -0.25) is 14.9 Å². The molecule has 0 saturated carbocycles. The quantitative estimate of drug-likeness (QED) is 0.372. The second kappa shape index (κ2) is 8.69. The molecule has 3 rings (SSSR count). The molecule has 7 heteroatoms. The highest BCUT2D eigenvalue weighted by Crippen LogP contribution is 2.31. The van der Waals surface area contributed by atoms with Crippen molar-refractivity contribution in [3.63, 3.8) is 0 Å². The zero-order chi connectivity index (χ0) is 19.4. The van der Waals surface area contributed by atoms with Gasteiger partial charge in [-0.05, 0) is 84.2 Å². The molecule has 1 aliphatic heterocycles. The lowest BCUT2D eigenvalue weighted by Crippen LogP contribution is -2.30. The second-order valence-corrected chi connectivity index (χ2v) is 7.86. The number of piperidine rings is 1. The highest BCUT2D eigenvalue weighted by atomic mass is 127. The number of hydrogen-bond acceptors (Lipinski definition) is 4. The van der Waals surface area contributed by atoms with Crippen LogP contribution >= 0.6 is 22.6 Å². The van der Waals surface area contributed by atoms with Crippen molar-refractivity contribution in [1.82, 2.24) is 0 Å². The van der Waals surface area contributed by atoms with Gasteiger partial charge in [0.05, 0.1) is 4.92 Å². The lowest BCUT2D eigenvalue weighted by molar-refractivity contribution is -0.384. The van der Waals surface area contributed by atoms with Crippen LogP contribution in [0.2, 0.25) is 0 Å². The van der Waals surface area contributed by atoms with E-state index in [9.17, 15) is 14.9 Å². The van der Waals surface area contributed by atoms with Crippen LogP contribution < -0.4 is 10.2 Å². The Bertz CT molecular complexity index is 864. The van der Waals surface area contributed by atoms with Crippen LogP contribution in [-0.2, 0) is 6.42 Å². The van der Waals surface area contributed by atoms with Gasteiger partial charge < -0.3 is 10.2 Å². The van der Waals surface area contributed by atoms with Gasteiger partial charge in [-0.15, -0.1) is 0 Å². The third kappa shape index (κ3) is 4.58. The monoisotopic (exact) mass is 479 g/mol. The van der Waals surface area contributed by atoms with E-state index in [1.165, 1.54) is 6.07 Å². The molecule has 0 atom stereocenters. The molecule has 27 heavy (non-hydrogen) atoms. The summed E-state index contributed by atoms with van der Waals surface area (Å²) in [5, 5.41) is 14.5. The predicted octanol–water partition coefficient (Wildman–Crippen LogP) is 5.00. The van der Waals surface area contributed by atoms with Gasteiger partial charge in [0.15, 0.2) is 0 Å². The maximum Gasteiger partial charge on any atom is 0.293 e. The summed E-state index contributed by atoms with van der Waals surface area (Å²) in [6.45, 7) is 3.66. The van der Waals surface area contributed by atoms with Gasteiger partial charge in [0.2, 0.25) is 0 Å². The smallest absolute Gasteiger partial charge is 0.293 e. The van der Waals surface area contributed by atoms with E-state index >= 15 is 0 Å². The number of aryl methyl sites for hydroxylation is 1. The van der Waals surface area contributed by atoms with Crippen LogP contribution in [0.4, 0.5) is 17.1 Å². The SMILES string of the molecule is CCc1cc(I)ccc1NC(=O)c1ccc(N2CCCCC2)c([N+](=O)[O-])c1. The largest absolute Gasteiger partial charge is 0.366 e. The van der Waals surface area contributed by atoms with Crippen molar-refractivity contribution in [3.05, 3.63) is 61.2 Å². The molecule has 0 aliphatic carbocycles. The van der Waals surface area contributed by atoms with Crippen molar-refractivity contribution in [3.8, 4) is 0 Å². The molecule has 0 radical (unpaired) electrons. The molecule has 1 saturated heterocycles. The van der Waals surface area contributed by atoms with Crippen molar-refractivity contribution < 1.29 is 9.72 Å². The van der Waals surface area contributed by atoms with Crippen molar-refractivity contribution >= 4 is 45.6 Å². The molecule has 6 nitrogen and oxygen atoms in total. The van der Waals surface area contributed by atoms with Crippen LogP contribution in [-0.4, -0.2) is 23.9 Å². The minimum atomic E-state index is -0.400. The number of amides is 1. The number of nitrogens with zero attached hydrogens (tertiary/aromatic N) is 2. The zero-order valence-electron chi connectivity index (χ0n) is 15.2. The van der Waals surface area contributed by atoms with Crippen molar-refractivity contribution in [1.29, 1.82) is 0 Å². The third-order valence-electron chi connectivity index (χ3n) is 4.83. The highest BCUT2D eigenvalue weighted by molar-refractivity contribution is 14.1. The maximum absolute atomic E-state index is 12.7. The Morgan fingerprint density at radius 2 is 1.93 bits per heavy atom. The molecule has 0 spiro atoms. The van der Waals surface area contributed by atoms with Gasteiger partial charge >= 0.3 is 0 Å². The highest BCUT2D eigenvalue weighted by Gasteiger charge is 2.23. The third-order valence-corrected chi connectivity index (χ3v) is 5.50. The van der Waals surface area contributed by atoms with Crippen molar-refractivity contribution in [2.45, 2.75) is 32.6 Å². The van der Waals surface area contributed by atoms with E-state index in [4.69, 9.17) is 0 Å². The molecule has 2 aromatic rings. The molecule has 1 fully saturated rings. The van der Waals surface area contributed by atoms with E-state index in [-0.39, 0.29) is 11.6 Å². The fourth-order valence-electron chi connectivity index (χ4n) is 3.38. The number of nitro benzene ring substituents is 1. The Hall–Kier alpha value is -2.16. The molecule has 2 aromatic carbocycles. The van der Waals surface area contributed by atoms with Gasteiger partial charge in [0.1, 0.15) is 5.69 Å². The molecule has 1 aliphatic rings. The summed E-state index contributed by atoms with van der Waals surface area (Å²) < 4.78 is 1.10. The van der Waals surface area contributed by atoms with E-state index < -0.39 is 4.92 Å². The van der Waals surface area contributed by atoms with Gasteiger partial charge in [-0.25, -0.2) is 0 Å². The summed E-state index contributed by atoms with van der Waals surface area (Å²) in [6.07, 6.45) is 4.01. The predicted molar refractivity (Wildman–Crippen MR) is 116 cm³/mol. The topological polar surface area (TPSA) is 75.5 Å². The molecular formula is C20H22IN3O3. The first-order chi connectivity index (χ1) is 13.0. The van der Waals surface area contributed by atoms with Crippen molar-refractivity contribution in [2.24, 2.45) is 0 Å². The summed E-state index contributed by atoms with van der Waals surface area (Å²) in [5.74, 6) is -0.334. The fraction of sp³-hybridized carbons (Fsp3) is 0.350. The van der Waals surface area contributed by atoms with Crippen LogP contribution in [0.25, 0.3) is 0 Å². The van der Waals surface area contributed by atoms with E-state index in [1.54, 1.807) is 12.1 Å². The number of rotatable bonds is 5. The van der Waals surface area contributed by atoms with E-state index in [0.717, 1.165) is 53.6 Å². The normalized spacial score (nSPS) is 14.1. The van der Waals surface area contributed by atoms with E-state index in [0.29, 0.717) is 11.3 Å². The number of carbonyl (C=O) groups excluding carboxylic acids is 1. The fourth-order valence-corrected chi connectivity index (χ4v) is 3.94. The van der Waals surface area contributed by atoms with Crippen LogP contribution in [0, 0.1) is 13.7 Å². The Kier molecular flexibility index (Phi) is 6.30. The maximum atomic E-state index is 12.7. The Labute approximate surface area is 172 Å². The number of benzene rings is 2. The first-order valence-corrected chi connectivity index (χ1v) is 10.2. The van der Waals surface area contributed by atoms with Gasteiger partial charge in [0, 0.05) is 34.0 Å². The van der Waals surface area contributed by atoms with Crippen LogP contribution in [0.5, 0.6) is 0 Å². The molecule has 1 heterocycles. The lowest BCUT2D eigenvalue weighted by Gasteiger charge is -2.28. The van der Waals surface area contributed by atoms with E-state index in [2.05, 4.69) is 27.9 Å². The number of nitrogens with one attached hydrogen (secondary N) is 1. The number of carbonyl (C=O) groups is 1. The zero-order valence-corrected chi connectivity index (χ0v) is 17.4. The van der Waals surface area contributed by atoms with Gasteiger partial charge in [-0.2, -0.15) is 0 Å². The van der Waals surface area contributed by atoms with Crippen LogP contribution in [0.3, 0.4) is 0 Å². The Balaban J connectivity index is 1.87. The second-order valence-electron chi connectivity index (χ2n) is 6.62. The van der Waals surface area contributed by atoms with Gasteiger partial charge in [-0.1, -0.05) is 6.92 Å². The molecule has 142 valence electrons. The summed E-state index contributed by atoms with van der Waals surface area (Å²) in [7, 11) is 0.